The summed E-state index contributed by atoms with van der Waals surface area (Å²) in [5.41, 5.74) is 3.60. The highest BCUT2D eigenvalue weighted by molar-refractivity contribution is 5.96. The summed E-state index contributed by atoms with van der Waals surface area (Å²) in [6.07, 6.45) is 5.68. The maximum Gasteiger partial charge on any atom is 0.269 e. The SMILES string of the molecule is COCCNC(=O)CCCCC(=O)c1ccc(NCc2cnc3nc(/N=C/N(C)C)nc(OCCc4ccc([N+](=O)[O-])cc4)c3n2)cc1. The summed E-state index contributed by atoms with van der Waals surface area (Å²) >= 11 is 0. The van der Waals surface area contributed by atoms with Crippen molar-refractivity contribution in [1.82, 2.24) is 30.2 Å². The van der Waals surface area contributed by atoms with Gasteiger partial charge in [-0.1, -0.05) is 12.1 Å². The number of carbonyl (C=O) groups excluding carboxylic acids is 2. The zero-order chi connectivity index (χ0) is 34.3. The van der Waals surface area contributed by atoms with Crippen molar-refractivity contribution in [2.24, 2.45) is 4.99 Å². The second kappa shape index (κ2) is 17.9. The minimum atomic E-state index is -0.440. The Morgan fingerprint density at radius 3 is 2.46 bits per heavy atom. The van der Waals surface area contributed by atoms with Gasteiger partial charge < -0.3 is 25.0 Å². The number of unbranched alkanes of at least 4 members (excludes halogenated alkanes) is 1. The first kappa shape index (κ1) is 35.3. The van der Waals surface area contributed by atoms with E-state index in [4.69, 9.17) is 14.5 Å². The van der Waals surface area contributed by atoms with Crippen molar-refractivity contribution in [1.29, 1.82) is 0 Å². The molecule has 48 heavy (non-hydrogen) atoms. The Bertz CT molecular complexity index is 1710. The molecule has 0 aliphatic heterocycles. The van der Waals surface area contributed by atoms with Crippen molar-refractivity contribution >= 4 is 46.5 Å². The van der Waals surface area contributed by atoms with Gasteiger partial charge >= 0.3 is 0 Å². The monoisotopic (exact) mass is 657 g/mol. The fourth-order valence-electron chi connectivity index (χ4n) is 4.43. The highest BCUT2D eigenvalue weighted by Crippen LogP contribution is 2.23. The molecule has 0 fully saturated rings. The van der Waals surface area contributed by atoms with E-state index in [0.29, 0.717) is 74.2 Å². The summed E-state index contributed by atoms with van der Waals surface area (Å²) in [6, 6.07) is 13.5. The fourth-order valence-corrected chi connectivity index (χ4v) is 4.43. The van der Waals surface area contributed by atoms with Gasteiger partial charge in [-0.2, -0.15) is 9.97 Å². The zero-order valence-corrected chi connectivity index (χ0v) is 27.2. The van der Waals surface area contributed by atoms with Gasteiger partial charge in [0.05, 0.1) is 42.9 Å². The number of anilines is 1. The molecule has 4 aromatic rings. The summed E-state index contributed by atoms with van der Waals surface area (Å²) in [4.78, 5) is 59.0. The predicted octanol–water partition coefficient (Wildman–Crippen LogP) is 4.29. The normalized spacial score (nSPS) is 11.1. The third-order valence-corrected chi connectivity index (χ3v) is 6.96. The van der Waals surface area contributed by atoms with Gasteiger partial charge in [0.15, 0.2) is 16.9 Å². The number of nitro groups is 1. The summed E-state index contributed by atoms with van der Waals surface area (Å²) in [5.74, 6) is 0.370. The second-order valence-corrected chi connectivity index (χ2v) is 11.0. The van der Waals surface area contributed by atoms with Crippen LogP contribution in [0.25, 0.3) is 11.2 Å². The Kier molecular flexibility index (Phi) is 13.2. The topological polar surface area (TPSA) is 187 Å². The molecular weight excluding hydrogens is 618 g/mol. The number of rotatable bonds is 19. The van der Waals surface area contributed by atoms with Crippen LogP contribution in [0.4, 0.5) is 17.3 Å². The highest BCUT2D eigenvalue weighted by Gasteiger charge is 2.14. The van der Waals surface area contributed by atoms with Gasteiger partial charge in [0, 0.05) is 70.4 Å². The number of nitro benzene ring substituents is 1. The van der Waals surface area contributed by atoms with E-state index in [1.807, 2.05) is 26.2 Å². The van der Waals surface area contributed by atoms with Gasteiger partial charge in [-0.15, -0.1) is 0 Å². The van der Waals surface area contributed by atoms with E-state index in [0.717, 1.165) is 11.3 Å². The minimum Gasteiger partial charge on any atom is -0.476 e. The molecule has 0 aliphatic carbocycles. The Hall–Kier alpha value is -5.57. The number of amides is 1. The number of Topliss-reactive ketones (excluding diaryl/α,β-unsaturated/α-hetero) is 1. The molecule has 2 aromatic heterocycles. The average Bonchev–Trinajstić information content (AvgIpc) is 3.08. The third-order valence-electron chi connectivity index (χ3n) is 6.96. The summed E-state index contributed by atoms with van der Waals surface area (Å²) in [7, 11) is 5.24. The van der Waals surface area contributed by atoms with E-state index in [9.17, 15) is 19.7 Å². The predicted molar refractivity (Wildman–Crippen MR) is 181 cm³/mol. The molecule has 2 N–H and O–H groups in total. The number of benzene rings is 2. The van der Waals surface area contributed by atoms with Crippen LogP contribution < -0.4 is 15.4 Å². The number of aromatic nitrogens is 4. The maximum absolute atomic E-state index is 12.6. The number of nitrogens with one attached hydrogen (secondary N) is 2. The van der Waals surface area contributed by atoms with Crippen LogP contribution in [0, 0.1) is 10.1 Å². The first-order chi connectivity index (χ1) is 23.2. The van der Waals surface area contributed by atoms with Gasteiger partial charge in [0.25, 0.3) is 11.6 Å². The quantitative estimate of drug-likeness (QED) is 0.0364. The molecule has 0 unspecified atom stereocenters. The van der Waals surface area contributed by atoms with Crippen LogP contribution in [0.2, 0.25) is 0 Å². The Morgan fingerprint density at radius 1 is 1.00 bits per heavy atom. The van der Waals surface area contributed by atoms with Gasteiger partial charge in [-0.25, -0.2) is 15.0 Å². The first-order valence-corrected chi connectivity index (χ1v) is 15.4. The Balaban J connectivity index is 1.36. The average molecular weight is 658 g/mol. The van der Waals surface area contributed by atoms with E-state index in [-0.39, 0.29) is 35.8 Å². The largest absolute Gasteiger partial charge is 0.476 e. The molecule has 2 heterocycles. The molecule has 15 nitrogen and oxygen atoms in total. The minimum absolute atomic E-state index is 0.0228. The number of fused-ring (bicyclic) bond motifs is 1. The second-order valence-electron chi connectivity index (χ2n) is 11.0. The standard InChI is InChI=1S/C33H39N9O6/c1-41(2)22-37-33-39-31-30(32(40-33)48-18-16-23-8-14-27(15-9-23)42(45)46)38-26(21-36-31)20-35-25-12-10-24(11-13-25)28(43)6-4-5-7-29(44)34-17-19-47-3/h8-15,21-22,35H,4-7,16-20H2,1-3H3,(H,34,44)/b37-22+. The van der Waals surface area contributed by atoms with E-state index in [2.05, 4.69) is 30.6 Å². The molecular formula is C33H39N9O6. The summed E-state index contributed by atoms with van der Waals surface area (Å²) < 4.78 is 10.9. The van der Waals surface area contributed by atoms with Crippen molar-refractivity contribution in [2.75, 3.05) is 46.3 Å². The molecule has 1 amide bonds. The summed E-state index contributed by atoms with van der Waals surface area (Å²) in [6.45, 7) is 1.53. The zero-order valence-electron chi connectivity index (χ0n) is 27.2. The van der Waals surface area contributed by atoms with Crippen LogP contribution in [0.3, 0.4) is 0 Å². The van der Waals surface area contributed by atoms with Gasteiger partial charge in [-0.3, -0.25) is 19.7 Å². The van der Waals surface area contributed by atoms with Crippen LogP contribution in [0.1, 0.15) is 47.3 Å². The van der Waals surface area contributed by atoms with Crippen molar-refractivity contribution in [3.05, 3.63) is 81.7 Å². The molecule has 0 spiro atoms. The molecule has 0 saturated carbocycles. The molecule has 0 bridgehead atoms. The van der Waals surface area contributed by atoms with Crippen LogP contribution >= 0.6 is 0 Å². The number of non-ortho nitro benzene ring substituents is 1. The van der Waals surface area contributed by atoms with Gasteiger partial charge in [0.1, 0.15) is 0 Å². The van der Waals surface area contributed by atoms with Crippen molar-refractivity contribution in [2.45, 2.75) is 38.6 Å². The third kappa shape index (κ3) is 11.0. The fraction of sp³-hybridized carbons (Fsp3) is 0.364. The molecule has 2 aromatic carbocycles. The lowest BCUT2D eigenvalue weighted by Crippen LogP contribution is -2.26. The number of carbonyl (C=O) groups is 2. The molecule has 0 saturated heterocycles. The van der Waals surface area contributed by atoms with E-state index in [1.54, 1.807) is 48.8 Å². The molecule has 252 valence electrons. The van der Waals surface area contributed by atoms with Crippen LogP contribution in [-0.4, -0.2) is 88.8 Å². The van der Waals surface area contributed by atoms with Gasteiger partial charge in [-0.05, 0) is 42.7 Å². The van der Waals surface area contributed by atoms with Crippen molar-refractivity contribution in [3.8, 4) is 5.88 Å². The Morgan fingerprint density at radius 2 is 1.75 bits per heavy atom. The van der Waals surface area contributed by atoms with Crippen LogP contribution in [0.15, 0.2) is 59.7 Å². The van der Waals surface area contributed by atoms with Crippen LogP contribution in [-0.2, 0) is 22.5 Å². The lowest BCUT2D eigenvalue weighted by molar-refractivity contribution is -0.384. The molecule has 0 atom stereocenters. The summed E-state index contributed by atoms with van der Waals surface area (Å²) in [5, 5.41) is 17.0. The maximum atomic E-state index is 12.6. The molecule has 0 radical (unpaired) electrons. The van der Waals surface area contributed by atoms with Crippen molar-refractivity contribution < 1.29 is 24.0 Å². The van der Waals surface area contributed by atoms with E-state index < -0.39 is 4.92 Å². The molecule has 4 rings (SSSR count). The smallest absolute Gasteiger partial charge is 0.269 e. The Labute approximate surface area is 278 Å². The molecule has 15 heteroatoms. The van der Waals surface area contributed by atoms with E-state index >= 15 is 0 Å². The lowest BCUT2D eigenvalue weighted by Gasteiger charge is -2.11. The van der Waals surface area contributed by atoms with Gasteiger partial charge in [0.2, 0.25) is 11.8 Å². The number of nitrogens with zero attached hydrogens (tertiary/aromatic N) is 7. The number of hydrogen-bond acceptors (Lipinski definition) is 12. The number of hydrogen-bond donors (Lipinski definition) is 2. The molecule has 0 aliphatic rings. The number of aliphatic imine (C=N–C) groups is 1. The number of ketones is 1. The number of ether oxygens (including phenoxy) is 2. The van der Waals surface area contributed by atoms with Crippen LogP contribution in [0.5, 0.6) is 5.88 Å². The number of methoxy groups -OCH3 is 1. The first-order valence-electron chi connectivity index (χ1n) is 15.4. The van der Waals surface area contributed by atoms with E-state index in [1.165, 1.54) is 12.1 Å². The van der Waals surface area contributed by atoms with Crippen molar-refractivity contribution in [3.63, 3.8) is 0 Å². The highest BCUT2D eigenvalue weighted by atomic mass is 16.6. The lowest BCUT2D eigenvalue weighted by atomic mass is 10.0.